The van der Waals surface area contributed by atoms with Crippen LogP contribution in [0.1, 0.15) is 42.7 Å². The third-order valence-electron chi connectivity index (χ3n) is 3.80. The smallest absolute Gasteiger partial charge is 0.273 e. The lowest BCUT2D eigenvalue weighted by atomic mass is 9.86. The highest BCUT2D eigenvalue weighted by atomic mass is 32.1. The molecule has 1 aromatic heterocycles. The van der Waals surface area contributed by atoms with Gasteiger partial charge in [-0.2, -0.15) is 0 Å². The Morgan fingerprint density at radius 1 is 1.56 bits per heavy atom. The maximum Gasteiger partial charge on any atom is 0.273 e. The average Bonchev–Trinajstić information content (AvgIpc) is 2.81. The number of thiazole rings is 1. The van der Waals surface area contributed by atoms with Crippen molar-refractivity contribution >= 4 is 17.2 Å². The number of likely N-dealkylation sites (tertiary alicyclic amines) is 1. The minimum absolute atomic E-state index is 0.0526. The maximum atomic E-state index is 12.5. The van der Waals surface area contributed by atoms with Gasteiger partial charge in [0.15, 0.2) is 0 Å². The van der Waals surface area contributed by atoms with E-state index in [-0.39, 0.29) is 11.9 Å². The number of piperidine rings is 1. The molecule has 5 heteroatoms. The third-order valence-corrected chi connectivity index (χ3v) is 4.68. The zero-order valence-corrected chi connectivity index (χ0v) is 12.0. The van der Waals surface area contributed by atoms with Crippen LogP contribution in [0, 0.1) is 11.8 Å². The van der Waals surface area contributed by atoms with E-state index in [1.165, 1.54) is 17.8 Å². The topological polar surface area (TPSA) is 59.2 Å². The van der Waals surface area contributed by atoms with Crippen molar-refractivity contribution in [2.75, 3.05) is 6.54 Å². The number of nitrogens with zero attached hydrogens (tertiary/aromatic N) is 2. The van der Waals surface area contributed by atoms with Crippen molar-refractivity contribution < 1.29 is 4.79 Å². The van der Waals surface area contributed by atoms with Gasteiger partial charge in [0.2, 0.25) is 0 Å². The molecule has 18 heavy (non-hydrogen) atoms. The largest absolute Gasteiger partial charge is 0.334 e. The summed E-state index contributed by atoms with van der Waals surface area (Å²) in [5.41, 5.74) is 6.09. The average molecular weight is 267 g/mol. The molecule has 1 aliphatic rings. The van der Waals surface area contributed by atoms with E-state index in [2.05, 4.69) is 25.8 Å². The molecule has 1 amide bonds. The number of hydrogen-bond donors (Lipinski definition) is 1. The first-order valence-corrected chi connectivity index (χ1v) is 7.36. The molecule has 2 heterocycles. The first-order chi connectivity index (χ1) is 8.52. The van der Waals surface area contributed by atoms with E-state index in [4.69, 9.17) is 5.73 Å². The summed E-state index contributed by atoms with van der Waals surface area (Å²) in [5, 5.41) is 2.64. The molecule has 0 aromatic carbocycles. The predicted molar refractivity (Wildman–Crippen MR) is 73.4 cm³/mol. The molecule has 3 atom stereocenters. The van der Waals surface area contributed by atoms with Gasteiger partial charge in [0, 0.05) is 24.5 Å². The summed E-state index contributed by atoms with van der Waals surface area (Å²) in [5.74, 6) is 1.16. The molecule has 1 saturated heterocycles. The van der Waals surface area contributed by atoms with Crippen LogP contribution in [0.4, 0.5) is 0 Å². The molecule has 2 rings (SSSR count). The number of rotatable bonds is 2. The summed E-state index contributed by atoms with van der Waals surface area (Å²) in [6.45, 7) is 7.78. The quantitative estimate of drug-likeness (QED) is 0.892. The van der Waals surface area contributed by atoms with Gasteiger partial charge >= 0.3 is 0 Å². The van der Waals surface area contributed by atoms with Crippen molar-refractivity contribution in [3.05, 3.63) is 16.1 Å². The van der Waals surface area contributed by atoms with Crippen molar-refractivity contribution in [3.63, 3.8) is 0 Å². The molecular weight excluding hydrogens is 246 g/mol. The molecule has 3 unspecified atom stereocenters. The second-order valence-corrected chi connectivity index (χ2v) is 6.29. The van der Waals surface area contributed by atoms with Crippen molar-refractivity contribution in [2.45, 2.75) is 39.8 Å². The summed E-state index contributed by atoms with van der Waals surface area (Å²) in [7, 11) is 0. The number of carbonyl (C=O) groups is 1. The van der Waals surface area contributed by atoms with E-state index in [0.717, 1.165) is 11.6 Å². The van der Waals surface area contributed by atoms with Gasteiger partial charge in [-0.1, -0.05) is 13.8 Å². The van der Waals surface area contributed by atoms with Crippen LogP contribution < -0.4 is 5.73 Å². The van der Waals surface area contributed by atoms with E-state index >= 15 is 0 Å². The lowest BCUT2D eigenvalue weighted by molar-refractivity contribution is 0.0450. The molecule has 4 nitrogen and oxygen atoms in total. The summed E-state index contributed by atoms with van der Waals surface area (Å²) in [6.07, 6.45) is 1.19. The Bertz CT molecular complexity index is 432. The maximum absolute atomic E-state index is 12.5. The highest BCUT2D eigenvalue weighted by Crippen LogP contribution is 2.28. The number of nitrogens with two attached hydrogens (primary N) is 1. The van der Waals surface area contributed by atoms with Gasteiger partial charge in [-0.05, 0) is 25.2 Å². The Morgan fingerprint density at radius 2 is 2.28 bits per heavy atom. The zero-order chi connectivity index (χ0) is 13.3. The molecule has 1 aliphatic heterocycles. The van der Waals surface area contributed by atoms with Gasteiger partial charge in [0.25, 0.3) is 5.91 Å². The van der Waals surface area contributed by atoms with Crippen molar-refractivity contribution in [3.8, 4) is 0 Å². The minimum atomic E-state index is 0.0526. The lowest BCUT2D eigenvalue weighted by Gasteiger charge is -2.40. The fourth-order valence-electron chi connectivity index (χ4n) is 2.63. The van der Waals surface area contributed by atoms with Crippen LogP contribution in [0.5, 0.6) is 0 Å². The van der Waals surface area contributed by atoms with Crippen LogP contribution in [-0.4, -0.2) is 28.4 Å². The van der Waals surface area contributed by atoms with Gasteiger partial charge < -0.3 is 10.6 Å². The Balaban J connectivity index is 2.16. The van der Waals surface area contributed by atoms with Crippen molar-refractivity contribution in [2.24, 2.45) is 17.6 Å². The summed E-state index contributed by atoms with van der Waals surface area (Å²) >= 11 is 1.46. The highest BCUT2D eigenvalue weighted by Gasteiger charge is 2.33. The normalized spacial score (nSPS) is 28.4. The predicted octanol–water partition coefficient (Wildman–Crippen LogP) is 2.11. The molecule has 2 N–H and O–H groups in total. The molecule has 0 spiro atoms. The summed E-state index contributed by atoms with van der Waals surface area (Å²) < 4.78 is 0. The fourth-order valence-corrected chi connectivity index (χ4v) is 3.28. The van der Waals surface area contributed by atoms with Crippen LogP contribution in [0.15, 0.2) is 5.38 Å². The lowest BCUT2D eigenvalue weighted by Crippen LogP contribution is -2.48. The van der Waals surface area contributed by atoms with Gasteiger partial charge in [-0.25, -0.2) is 4.98 Å². The molecule has 1 fully saturated rings. The Kier molecular flexibility index (Phi) is 4.02. The third kappa shape index (κ3) is 2.57. The molecule has 1 aromatic rings. The SMILES string of the molecule is CC1CC(C)C(C)N(C(=O)c2csc(CN)n2)C1. The standard InChI is InChI=1S/C13H21N3OS/c1-8-4-9(2)10(3)16(6-8)13(17)11-7-18-12(5-14)15-11/h7-10H,4-6,14H2,1-3H3. The van der Waals surface area contributed by atoms with Crippen LogP contribution in [-0.2, 0) is 6.54 Å². The van der Waals surface area contributed by atoms with Crippen LogP contribution >= 0.6 is 11.3 Å². The molecule has 100 valence electrons. The minimum Gasteiger partial charge on any atom is -0.334 e. The van der Waals surface area contributed by atoms with Gasteiger partial charge in [0.1, 0.15) is 10.7 Å². The molecule has 0 saturated carbocycles. The Hall–Kier alpha value is -0.940. The highest BCUT2D eigenvalue weighted by molar-refractivity contribution is 7.09. The van der Waals surface area contributed by atoms with Gasteiger partial charge in [-0.15, -0.1) is 11.3 Å². The van der Waals surface area contributed by atoms with E-state index in [1.54, 1.807) is 0 Å². The zero-order valence-electron chi connectivity index (χ0n) is 11.2. The number of amides is 1. The molecule has 0 bridgehead atoms. The monoisotopic (exact) mass is 267 g/mol. The van der Waals surface area contributed by atoms with Gasteiger partial charge in [0.05, 0.1) is 0 Å². The molecule has 0 aliphatic carbocycles. The van der Waals surface area contributed by atoms with Crippen molar-refractivity contribution in [1.29, 1.82) is 0 Å². The summed E-state index contributed by atoms with van der Waals surface area (Å²) in [6, 6.07) is 0.289. The first kappa shape index (κ1) is 13.5. The number of hydrogen-bond acceptors (Lipinski definition) is 4. The van der Waals surface area contributed by atoms with E-state index in [1.807, 2.05) is 10.3 Å². The first-order valence-electron chi connectivity index (χ1n) is 6.48. The molecular formula is C13H21N3OS. The second-order valence-electron chi connectivity index (χ2n) is 5.35. The number of aromatic nitrogens is 1. The van der Waals surface area contributed by atoms with Gasteiger partial charge in [-0.3, -0.25) is 4.79 Å². The summed E-state index contributed by atoms with van der Waals surface area (Å²) in [4.78, 5) is 18.7. The van der Waals surface area contributed by atoms with Crippen LogP contribution in [0.2, 0.25) is 0 Å². The van der Waals surface area contributed by atoms with Crippen LogP contribution in [0.3, 0.4) is 0 Å². The van der Waals surface area contributed by atoms with Crippen LogP contribution in [0.25, 0.3) is 0 Å². The molecule has 0 radical (unpaired) electrons. The fraction of sp³-hybridized carbons (Fsp3) is 0.692. The van der Waals surface area contributed by atoms with Crippen molar-refractivity contribution in [1.82, 2.24) is 9.88 Å². The number of carbonyl (C=O) groups excluding carboxylic acids is 1. The van der Waals surface area contributed by atoms with E-state index in [9.17, 15) is 4.79 Å². The Morgan fingerprint density at radius 3 is 2.89 bits per heavy atom. The van der Waals surface area contributed by atoms with E-state index in [0.29, 0.717) is 24.1 Å². The Labute approximate surface area is 112 Å². The second kappa shape index (κ2) is 5.36. The van der Waals surface area contributed by atoms with E-state index < -0.39 is 0 Å².